The van der Waals surface area contributed by atoms with Crippen LogP contribution in [0, 0.1) is 12.8 Å². The second-order valence-electron chi connectivity index (χ2n) is 6.25. The van der Waals surface area contributed by atoms with E-state index in [9.17, 15) is 4.79 Å². The number of carbonyl (C=O) groups excluding carboxylic acids is 1. The molecule has 1 aliphatic rings. The van der Waals surface area contributed by atoms with Crippen molar-refractivity contribution in [3.8, 4) is 0 Å². The number of nitrogens with zero attached hydrogens (tertiary/aromatic N) is 3. The van der Waals surface area contributed by atoms with Gasteiger partial charge in [0.1, 0.15) is 5.82 Å². The summed E-state index contributed by atoms with van der Waals surface area (Å²) in [5, 5.41) is 6.12. The first-order valence-electron chi connectivity index (χ1n) is 8.88. The molecule has 25 heavy (non-hydrogen) atoms. The summed E-state index contributed by atoms with van der Waals surface area (Å²) in [4.78, 5) is 23.2. The van der Waals surface area contributed by atoms with Crippen molar-refractivity contribution in [1.29, 1.82) is 0 Å². The topological polar surface area (TPSA) is 78.8 Å². The molecule has 1 saturated heterocycles. The fourth-order valence-corrected chi connectivity index (χ4v) is 2.90. The lowest BCUT2D eigenvalue weighted by molar-refractivity contribution is -0.116. The SMILES string of the molecule is CCNC(=NCCC(=O)Nc1cccc(C)n1)N1CCC(COC)C1. The number of pyridine rings is 1. The Labute approximate surface area is 149 Å². The number of guanidine groups is 1. The van der Waals surface area contributed by atoms with Crippen molar-refractivity contribution in [3.05, 3.63) is 23.9 Å². The fourth-order valence-electron chi connectivity index (χ4n) is 2.90. The summed E-state index contributed by atoms with van der Waals surface area (Å²) in [6.07, 6.45) is 1.44. The summed E-state index contributed by atoms with van der Waals surface area (Å²) in [6, 6.07) is 5.57. The van der Waals surface area contributed by atoms with Crippen LogP contribution in [0.5, 0.6) is 0 Å². The molecule has 0 bridgehead atoms. The van der Waals surface area contributed by atoms with E-state index in [-0.39, 0.29) is 5.91 Å². The van der Waals surface area contributed by atoms with Crippen molar-refractivity contribution < 1.29 is 9.53 Å². The van der Waals surface area contributed by atoms with Gasteiger partial charge in [-0.15, -0.1) is 0 Å². The maximum atomic E-state index is 12.1. The number of likely N-dealkylation sites (tertiary alicyclic amines) is 1. The third-order valence-corrected chi connectivity index (χ3v) is 4.08. The van der Waals surface area contributed by atoms with E-state index in [1.165, 1.54) is 0 Å². The molecule has 2 heterocycles. The highest BCUT2D eigenvalue weighted by Gasteiger charge is 2.24. The molecule has 1 aromatic rings. The van der Waals surface area contributed by atoms with Crippen LogP contribution in [-0.4, -0.2) is 61.6 Å². The molecule has 2 N–H and O–H groups in total. The Bertz CT molecular complexity index is 591. The normalized spacial score (nSPS) is 17.6. The Morgan fingerprint density at radius 2 is 2.32 bits per heavy atom. The summed E-state index contributed by atoms with van der Waals surface area (Å²) in [6.45, 7) is 7.90. The zero-order valence-electron chi connectivity index (χ0n) is 15.4. The Balaban J connectivity index is 1.83. The van der Waals surface area contributed by atoms with E-state index in [0.29, 0.717) is 24.7 Å². The molecule has 1 fully saturated rings. The molecule has 0 saturated carbocycles. The number of hydrogen-bond acceptors (Lipinski definition) is 4. The van der Waals surface area contributed by atoms with Crippen LogP contribution in [0.15, 0.2) is 23.2 Å². The minimum atomic E-state index is -0.0728. The Morgan fingerprint density at radius 1 is 1.48 bits per heavy atom. The first kappa shape index (κ1) is 19.2. The number of rotatable bonds is 7. The van der Waals surface area contributed by atoms with Crippen molar-refractivity contribution in [2.24, 2.45) is 10.9 Å². The number of ether oxygens (including phenoxy) is 1. The molecule has 2 rings (SSSR count). The number of anilines is 1. The van der Waals surface area contributed by atoms with E-state index in [1.807, 2.05) is 26.0 Å². The van der Waals surface area contributed by atoms with Crippen LogP contribution >= 0.6 is 0 Å². The second kappa shape index (κ2) is 9.98. The maximum Gasteiger partial charge on any atom is 0.227 e. The molecule has 0 spiro atoms. The third kappa shape index (κ3) is 6.34. The smallest absolute Gasteiger partial charge is 0.227 e. The van der Waals surface area contributed by atoms with E-state index < -0.39 is 0 Å². The lowest BCUT2D eigenvalue weighted by Crippen LogP contribution is -2.40. The second-order valence-corrected chi connectivity index (χ2v) is 6.25. The number of aromatic nitrogens is 1. The van der Waals surface area contributed by atoms with Crippen LogP contribution in [-0.2, 0) is 9.53 Å². The maximum absolute atomic E-state index is 12.1. The van der Waals surface area contributed by atoms with Crippen LogP contribution in [0.25, 0.3) is 0 Å². The fraction of sp³-hybridized carbons (Fsp3) is 0.611. The number of amides is 1. The van der Waals surface area contributed by atoms with Gasteiger partial charge in [-0.25, -0.2) is 4.98 Å². The molecular formula is C18H29N5O2. The van der Waals surface area contributed by atoms with E-state index in [1.54, 1.807) is 13.2 Å². The molecule has 1 unspecified atom stereocenters. The Morgan fingerprint density at radius 3 is 3.04 bits per heavy atom. The van der Waals surface area contributed by atoms with Gasteiger partial charge < -0.3 is 20.3 Å². The summed E-state index contributed by atoms with van der Waals surface area (Å²) in [7, 11) is 1.74. The van der Waals surface area contributed by atoms with Gasteiger partial charge in [-0.2, -0.15) is 0 Å². The van der Waals surface area contributed by atoms with Gasteiger partial charge >= 0.3 is 0 Å². The van der Waals surface area contributed by atoms with Crippen LogP contribution in [0.2, 0.25) is 0 Å². The summed E-state index contributed by atoms with van der Waals surface area (Å²) in [5.41, 5.74) is 0.880. The van der Waals surface area contributed by atoms with Gasteiger partial charge in [0.2, 0.25) is 5.91 Å². The third-order valence-electron chi connectivity index (χ3n) is 4.08. The first-order valence-corrected chi connectivity index (χ1v) is 8.88. The quantitative estimate of drug-likeness (QED) is 0.579. The van der Waals surface area contributed by atoms with E-state index >= 15 is 0 Å². The monoisotopic (exact) mass is 347 g/mol. The highest BCUT2D eigenvalue weighted by Crippen LogP contribution is 2.16. The summed E-state index contributed by atoms with van der Waals surface area (Å²) < 4.78 is 5.25. The van der Waals surface area contributed by atoms with Crippen LogP contribution < -0.4 is 10.6 Å². The van der Waals surface area contributed by atoms with Gasteiger partial charge in [-0.05, 0) is 32.4 Å². The van der Waals surface area contributed by atoms with Gasteiger partial charge in [0.25, 0.3) is 0 Å². The van der Waals surface area contributed by atoms with Gasteiger partial charge in [-0.1, -0.05) is 6.07 Å². The lowest BCUT2D eigenvalue weighted by Gasteiger charge is -2.21. The molecule has 7 heteroatoms. The van der Waals surface area contributed by atoms with Crippen molar-refractivity contribution in [2.45, 2.75) is 26.7 Å². The molecule has 1 aliphatic heterocycles. The van der Waals surface area contributed by atoms with Crippen molar-refractivity contribution >= 4 is 17.7 Å². The first-order chi connectivity index (χ1) is 12.1. The standard InChI is InChI=1S/C18H29N5O2/c1-4-19-18(23-11-9-15(12-23)13-25-3)20-10-8-17(24)22-16-7-5-6-14(2)21-16/h5-7,15H,4,8-13H2,1-3H3,(H,19,20)(H,21,22,24). The lowest BCUT2D eigenvalue weighted by atomic mass is 10.1. The molecule has 0 radical (unpaired) electrons. The minimum Gasteiger partial charge on any atom is -0.384 e. The molecule has 138 valence electrons. The highest BCUT2D eigenvalue weighted by molar-refractivity contribution is 5.90. The zero-order chi connectivity index (χ0) is 18.1. The predicted octanol–water partition coefficient (Wildman–Crippen LogP) is 1.65. The van der Waals surface area contributed by atoms with Gasteiger partial charge in [0, 0.05) is 44.8 Å². The Hall–Kier alpha value is -2.15. The highest BCUT2D eigenvalue weighted by atomic mass is 16.5. The Kier molecular flexibility index (Phi) is 7.66. The largest absolute Gasteiger partial charge is 0.384 e. The number of methoxy groups -OCH3 is 1. The molecule has 1 amide bonds. The van der Waals surface area contributed by atoms with Gasteiger partial charge in [0.05, 0.1) is 13.2 Å². The van der Waals surface area contributed by atoms with Crippen LogP contribution in [0.1, 0.15) is 25.5 Å². The van der Waals surface area contributed by atoms with E-state index in [2.05, 4.69) is 25.5 Å². The van der Waals surface area contributed by atoms with Gasteiger partial charge in [-0.3, -0.25) is 9.79 Å². The predicted molar refractivity (Wildman–Crippen MR) is 99.8 cm³/mol. The molecule has 0 aromatic carbocycles. The molecule has 1 atom stereocenters. The van der Waals surface area contributed by atoms with E-state index in [4.69, 9.17) is 4.74 Å². The minimum absolute atomic E-state index is 0.0728. The molecular weight excluding hydrogens is 318 g/mol. The zero-order valence-corrected chi connectivity index (χ0v) is 15.4. The van der Waals surface area contributed by atoms with Crippen LogP contribution in [0.3, 0.4) is 0 Å². The van der Waals surface area contributed by atoms with E-state index in [0.717, 1.165) is 44.3 Å². The average Bonchev–Trinajstić information content (AvgIpc) is 3.03. The molecule has 0 aliphatic carbocycles. The average molecular weight is 347 g/mol. The van der Waals surface area contributed by atoms with Crippen molar-refractivity contribution in [3.63, 3.8) is 0 Å². The number of nitrogens with one attached hydrogen (secondary N) is 2. The van der Waals surface area contributed by atoms with Gasteiger partial charge in [0.15, 0.2) is 5.96 Å². The van der Waals surface area contributed by atoms with Crippen molar-refractivity contribution in [1.82, 2.24) is 15.2 Å². The summed E-state index contributed by atoms with van der Waals surface area (Å²) in [5.74, 6) is 1.94. The van der Waals surface area contributed by atoms with Crippen molar-refractivity contribution in [2.75, 3.05) is 45.2 Å². The molecule has 7 nitrogen and oxygen atoms in total. The number of aryl methyl sites for hydroxylation is 1. The number of hydrogen-bond donors (Lipinski definition) is 2. The van der Waals surface area contributed by atoms with Crippen LogP contribution in [0.4, 0.5) is 5.82 Å². The number of carbonyl (C=O) groups is 1. The molecule has 1 aromatic heterocycles. The summed E-state index contributed by atoms with van der Waals surface area (Å²) >= 11 is 0. The number of aliphatic imine (C=N–C) groups is 1.